The minimum absolute atomic E-state index is 0.544. The summed E-state index contributed by atoms with van der Waals surface area (Å²) < 4.78 is 6.29. The van der Waals surface area contributed by atoms with Crippen molar-refractivity contribution in [2.24, 2.45) is 0 Å². The van der Waals surface area contributed by atoms with Crippen molar-refractivity contribution in [3.05, 3.63) is 125 Å². The van der Waals surface area contributed by atoms with Crippen molar-refractivity contribution in [1.29, 1.82) is 0 Å². The molecule has 0 aliphatic heterocycles. The molecule has 0 heterocycles. The summed E-state index contributed by atoms with van der Waals surface area (Å²) in [6.45, 7) is 1.45. The monoisotopic (exact) mass is 425 g/mol. The molecule has 4 aromatic carbocycles. The zero-order valence-corrected chi connectivity index (χ0v) is 18.8. The van der Waals surface area contributed by atoms with E-state index >= 15 is 0 Å². The fraction of sp³-hybridized carbons (Fsp3) is 0.143. The highest BCUT2D eigenvalue weighted by Crippen LogP contribution is 2.24. The molecule has 3 heteroatoms. The van der Waals surface area contributed by atoms with Gasteiger partial charge in [0.1, 0.15) is 12.4 Å². The van der Waals surface area contributed by atoms with E-state index in [9.17, 15) is 0 Å². The van der Waals surface area contributed by atoms with E-state index in [1.165, 1.54) is 32.9 Å². The normalized spacial score (nSPS) is 11.1. The van der Waals surface area contributed by atoms with Crippen molar-refractivity contribution in [2.45, 2.75) is 19.6 Å². The van der Waals surface area contributed by atoms with Crippen molar-refractivity contribution < 1.29 is 4.74 Å². The zero-order valence-electron chi connectivity index (χ0n) is 17.8. The number of rotatable bonds is 9. The molecule has 1 unspecified atom stereocenters. The first-order valence-corrected chi connectivity index (χ1v) is 11.6. The third-order valence-corrected chi connectivity index (χ3v) is 6.60. The quantitative estimate of drug-likeness (QED) is 0.372. The van der Waals surface area contributed by atoms with Gasteiger partial charge in [0.05, 0.1) is 0 Å². The number of hydrogen-bond donors (Lipinski definition) is 1. The molecule has 0 radical (unpaired) electrons. The van der Waals surface area contributed by atoms with Crippen molar-refractivity contribution in [3.63, 3.8) is 0 Å². The Hall–Kier alpha value is -2.93. The van der Waals surface area contributed by atoms with Gasteiger partial charge in [0.25, 0.3) is 0 Å². The molecule has 2 nitrogen and oxygen atoms in total. The van der Waals surface area contributed by atoms with Gasteiger partial charge in [0.2, 0.25) is 0 Å². The lowest BCUT2D eigenvalue weighted by molar-refractivity contribution is 0.309. The minimum atomic E-state index is 0.544. The van der Waals surface area contributed by atoms with Crippen molar-refractivity contribution in [3.8, 4) is 5.75 Å². The van der Waals surface area contributed by atoms with Crippen LogP contribution >= 0.6 is 8.58 Å². The van der Waals surface area contributed by atoms with Crippen LogP contribution < -0.4 is 20.7 Å². The molecule has 0 bridgehead atoms. The second-order valence-corrected chi connectivity index (χ2v) is 8.91. The van der Waals surface area contributed by atoms with E-state index in [0.29, 0.717) is 15.2 Å². The molecule has 156 valence electrons. The molecule has 0 saturated heterocycles. The maximum atomic E-state index is 6.29. The Kier molecular flexibility index (Phi) is 7.50. The van der Waals surface area contributed by atoms with Gasteiger partial charge in [-0.15, -0.1) is 0 Å². The van der Waals surface area contributed by atoms with Gasteiger partial charge in [0.15, 0.2) is 0 Å². The summed E-state index contributed by atoms with van der Waals surface area (Å²) in [4.78, 5) is 0. The van der Waals surface area contributed by atoms with Crippen LogP contribution in [0.5, 0.6) is 5.75 Å². The van der Waals surface area contributed by atoms with E-state index < -0.39 is 0 Å². The molecular formula is C28H28NOP. The summed E-state index contributed by atoms with van der Waals surface area (Å²) in [6.07, 6.45) is 0.926. The molecule has 0 spiro atoms. The minimum Gasteiger partial charge on any atom is -0.488 e. The Bertz CT molecular complexity index is 1100. The third-order valence-electron chi connectivity index (χ3n) is 5.19. The number of benzene rings is 4. The Balaban J connectivity index is 1.62. The van der Waals surface area contributed by atoms with Crippen LogP contribution in [0, 0.1) is 0 Å². The lowest BCUT2D eigenvalue weighted by Crippen LogP contribution is -2.16. The van der Waals surface area contributed by atoms with E-state index in [1.54, 1.807) is 0 Å². The highest BCUT2D eigenvalue weighted by molar-refractivity contribution is 7.55. The maximum Gasteiger partial charge on any atom is 0.127 e. The molecule has 4 rings (SSSR count). The predicted octanol–water partition coefficient (Wildman–Crippen LogP) is 5.21. The van der Waals surface area contributed by atoms with Gasteiger partial charge in [0, 0.05) is 11.8 Å². The molecule has 1 N–H and O–H groups in total. The highest BCUT2D eigenvalue weighted by atomic mass is 31.1. The number of ether oxygens (including phenoxy) is 1. The van der Waals surface area contributed by atoms with Gasteiger partial charge in [-0.25, -0.2) is 0 Å². The standard InChI is InChI=1S/C28H28NOP/c1-29-20-25-14-8-9-15-27(25)31-28-19-24(18-22-10-4-2-5-11-22)16-17-26(28)30-21-23-12-6-3-7-13-23/h2-17,19,29,31H,18,20-21H2,1H3. The average molecular weight is 426 g/mol. The van der Waals surface area contributed by atoms with Gasteiger partial charge in [-0.2, -0.15) is 0 Å². The summed E-state index contributed by atoms with van der Waals surface area (Å²) in [7, 11) is 2.54. The predicted molar refractivity (Wildman–Crippen MR) is 133 cm³/mol. The van der Waals surface area contributed by atoms with Crippen LogP contribution in [-0.2, 0) is 19.6 Å². The van der Waals surface area contributed by atoms with Crippen LogP contribution in [-0.4, -0.2) is 7.05 Å². The summed E-state index contributed by atoms with van der Waals surface area (Å²) in [6, 6.07) is 36.3. The van der Waals surface area contributed by atoms with Crippen LogP contribution in [0.15, 0.2) is 103 Å². The topological polar surface area (TPSA) is 21.3 Å². The largest absolute Gasteiger partial charge is 0.488 e. The Morgan fingerprint density at radius 2 is 1.35 bits per heavy atom. The van der Waals surface area contributed by atoms with Gasteiger partial charge in [-0.1, -0.05) is 99.6 Å². The van der Waals surface area contributed by atoms with Crippen molar-refractivity contribution in [1.82, 2.24) is 5.32 Å². The van der Waals surface area contributed by atoms with Crippen LogP contribution in [0.1, 0.15) is 22.3 Å². The summed E-state index contributed by atoms with van der Waals surface area (Å²) in [5.41, 5.74) is 5.16. The zero-order chi connectivity index (χ0) is 21.3. The molecule has 1 atom stereocenters. The van der Waals surface area contributed by atoms with E-state index in [4.69, 9.17) is 4.74 Å². The van der Waals surface area contributed by atoms with E-state index in [1.807, 2.05) is 13.1 Å². The smallest absolute Gasteiger partial charge is 0.127 e. The van der Waals surface area contributed by atoms with Crippen molar-refractivity contribution >= 4 is 19.2 Å². The molecule has 4 aromatic rings. The number of nitrogens with one attached hydrogen (secondary N) is 1. The first kappa shape index (κ1) is 21.3. The van der Waals surface area contributed by atoms with Gasteiger partial charge >= 0.3 is 0 Å². The fourth-order valence-electron chi connectivity index (χ4n) is 3.61. The van der Waals surface area contributed by atoms with E-state index in [2.05, 4.69) is 102 Å². The third kappa shape index (κ3) is 6.04. The second kappa shape index (κ2) is 10.9. The lowest BCUT2D eigenvalue weighted by Gasteiger charge is -2.16. The van der Waals surface area contributed by atoms with E-state index in [-0.39, 0.29) is 0 Å². The van der Waals surface area contributed by atoms with Crippen LogP contribution in [0.25, 0.3) is 0 Å². The Morgan fingerprint density at radius 3 is 2.10 bits per heavy atom. The molecule has 0 aromatic heterocycles. The Labute approximate surface area is 187 Å². The Morgan fingerprint density at radius 1 is 0.677 bits per heavy atom. The maximum absolute atomic E-state index is 6.29. The molecule has 0 saturated carbocycles. The highest BCUT2D eigenvalue weighted by Gasteiger charge is 2.10. The number of hydrogen-bond acceptors (Lipinski definition) is 2. The average Bonchev–Trinajstić information content (AvgIpc) is 2.81. The van der Waals surface area contributed by atoms with Gasteiger partial charge < -0.3 is 10.1 Å². The van der Waals surface area contributed by atoms with Crippen molar-refractivity contribution in [2.75, 3.05) is 7.05 Å². The second-order valence-electron chi connectivity index (χ2n) is 7.58. The first-order chi connectivity index (χ1) is 15.3. The molecule has 0 amide bonds. The van der Waals surface area contributed by atoms with Gasteiger partial charge in [-0.3, -0.25) is 0 Å². The van der Waals surface area contributed by atoms with E-state index in [0.717, 1.165) is 18.7 Å². The molecule has 31 heavy (non-hydrogen) atoms. The summed E-state index contributed by atoms with van der Waals surface area (Å²) in [5, 5.41) is 5.91. The molecular weight excluding hydrogens is 397 g/mol. The van der Waals surface area contributed by atoms with Gasteiger partial charge in [-0.05, 0) is 53.2 Å². The lowest BCUT2D eigenvalue weighted by atomic mass is 10.1. The summed E-state index contributed by atoms with van der Waals surface area (Å²) >= 11 is 0. The fourth-order valence-corrected chi connectivity index (χ4v) is 4.95. The molecule has 0 fully saturated rings. The van der Waals surface area contributed by atoms with Crippen LogP contribution in [0.4, 0.5) is 0 Å². The SMILES string of the molecule is CNCc1ccccc1Pc1cc(Cc2ccccc2)ccc1OCc1ccccc1. The van der Waals surface area contributed by atoms with Crippen LogP contribution in [0.2, 0.25) is 0 Å². The van der Waals surface area contributed by atoms with Crippen LogP contribution in [0.3, 0.4) is 0 Å². The molecule has 0 aliphatic carbocycles. The summed E-state index contributed by atoms with van der Waals surface area (Å²) in [5.74, 6) is 0.971. The first-order valence-electron chi connectivity index (χ1n) is 10.6. The molecule has 0 aliphatic rings.